The molecule has 8 heteroatoms. The van der Waals surface area contributed by atoms with Crippen molar-refractivity contribution in [1.82, 2.24) is 13.9 Å². The largest absolute Gasteiger partial charge is 0.497 e. The van der Waals surface area contributed by atoms with E-state index >= 15 is 0 Å². The Labute approximate surface area is 192 Å². The molecule has 1 saturated heterocycles. The molecule has 6 rings (SSSR count). The molecule has 0 amide bonds. The van der Waals surface area contributed by atoms with E-state index in [0.717, 1.165) is 54.2 Å². The number of nitrogens with zero attached hydrogens (tertiary/aromatic N) is 4. The second kappa shape index (κ2) is 7.60. The Morgan fingerprint density at radius 1 is 0.970 bits per heavy atom. The van der Waals surface area contributed by atoms with Crippen molar-refractivity contribution in [3.8, 4) is 17.0 Å². The third-order valence-corrected chi connectivity index (χ3v) is 8.40. The number of rotatable bonds is 4. The van der Waals surface area contributed by atoms with Crippen molar-refractivity contribution in [3.05, 3.63) is 72.4 Å². The first-order valence-electron chi connectivity index (χ1n) is 11.0. The van der Waals surface area contributed by atoms with Gasteiger partial charge in [0.1, 0.15) is 11.6 Å². The van der Waals surface area contributed by atoms with Gasteiger partial charge in [-0.15, -0.1) is 0 Å². The third-order valence-electron chi connectivity index (χ3n) is 6.62. The number of anilines is 1. The van der Waals surface area contributed by atoms with Gasteiger partial charge in [-0.25, -0.2) is 17.4 Å². The predicted octanol–water partition coefficient (Wildman–Crippen LogP) is 3.58. The summed E-state index contributed by atoms with van der Waals surface area (Å²) in [6, 6.07) is 19.0. The molecule has 33 heavy (non-hydrogen) atoms. The quantitative estimate of drug-likeness (QED) is 0.408. The van der Waals surface area contributed by atoms with Crippen LogP contribution in [0.3, 0.4) is 0 Å². The molecule has 0 N–H and O–H groups in total. The number of aromatic nitrogens is 2. The first-order chi connectivity index (χ1) is 16.1. The van der Waals surface area contributed by atoms with Crippen molar-refractivity contribution < 1.29 is 13.2 Å². The molecule has 0 spiro atoms. The average molecular weight is 461 g/mol. The highest BCUT2D eigenvalue weighted by atomic mass is 32.2. The van der Waals surface area contributed by atoms with Gasteiger partial charge >= 0.3 is 0 Å². The van der Waals surface area contributed by atoms with Crippen LogP contribution >= 0.6 is 0 Å². The molecule has 0 radical (unpaired) electrons. The van der Waals surface area contributed by atoms with Gasteiger partial charge in [-0.3, -0.25) is 4.90 Å². The van der Waals surface area contributed by atoms with Gasteiger partial charge in [0.05, 0.1) is 23.2 Å². The zero-order chi connectivity index (χ0) is 22.6. The number of methoxy groups -OCH3 is 1. The number of hydrogen-bond donors (Lipinski definition) is 0. The molecule has 2 aliphatic heterocycles. The number of fused-ring (bicyclic) bond motifs is 5. The van der Waals surface area contributed by atoms with Crippen LogP contribution in [0.25, 0.3) is 22.2 Å². The summed E-state index contributed by atoms with van der Waals surface area (Å²) in [4.78, 5) is 9.50. The Kier molecular flexibility index (Phi) is 4.67. The number of benzene rings is 2. The van der Waals surface area contributed by atoms with Crippen molar-refractivity contribution >= 4 is 26.7 Å². The van der Waals surface area contributed by atoms with Gasteiger partial charge in [0.15, 0.2) is 0 Å². The number of hydrogen-bond acceptors (Lipinski definition) is 6. The maximum absolute atomic E-state index is 13.5. The molecule has 2 aromatic heterocycles. The molecular weight excluding hydrogens is 436 g/mol. The molecule has 1 fully saturated rings. The molecule has 2 aliphatic rings. The summed E-state index contributed by atoms with van der Waals surface area (Å²) in [5.41, 5.74) is 3.25. The molecule has 168 valence electrons. The predicted molar refractivity (Wildman–Crippen MR) is 128 cm³/mol. The highest BCUT2D eigenvalue weighted by Crippen LogP contribution is 2.46. The van der Waals surface area contributed by atoms with Crippen LogP contribution in [-0.2, 0) is 16.6 Å². The van der Waals surface area contributed by atoms with Crippen molar-refractivity contribution in [3.63, 3.8) is 0 Å². The first-order valence-corrected chi connectivity index (χ1v) is 12.5. The normalized spacial score (nSPS) is 17.2. The van der Waals surface area contributed by atoms with E-state index in [1.54, 1.807) is 19.2 Å². The maximum atomic E-state index is 13.5. The lowest BCUT2D eigenvalue weighted by molar-refractivity contribution is 0.250. The molecule has 4 aromatic rings. The second-order valence-electron chi connectivity index (χ2n) is 8.43. The Morgan fingerprint density at radius 2 is 1.76 bits per heavy atom. The summed E-state index contributed by atoms with van der Waals surface area (Å²) in [5, 5.41) is 0.983. The molecule has 0 atom stereocenters. The molecule has 0 unspecified atom stereocenters. The Hall–Kier alpha value is -3.36. The van der Waals surface area contributed by atoms with Crippen LogP contribution in [0.2, 0.25) is 0 Å². The number of piperazine rings is 1. The number of ether oxygens (including phenoxy) is 1. The van der Waals surface area contributed by atoms with Gasteiger partial charge in [0, 0.05) is 55.4 Å². The van der Waals surface area contributed by atoms with Crippen LogP contribution in [-0.4, -0.2) is 55.6 Å². The highest BCUT2D eigenvalue weighted by Gasteiger charge is 2.37. The average Bonchev–Trinajstić information content (AvgIpc) is 3.30. The van der Waals surface area contributed by atoms with Gasteiger partial charge < -0.3 is 9.64 Å². The monoisotopic (exact) mass is 460 g/mol. The Balaban J connectivity index is 1.40. The van der Waals surface area contributed by atoms with Gasteiger partial charge in [-0.05, 0) is 36.4 Å². The lowest BCUT2D eigenvalue weighted by Gasteiger charge is -2.35. The van der Waals surface area contributed by atoms with E-state index in [1.807, 2.05) is 54.7 Å². The first kappa shape index (κ1) is 20.3. The topological polar surface area (TPSA) is 67.7 Å². The lowest BCUT2D eigenvalue weighted by Crippen LogP contribution is -2.46. The third kappa shape index (κ3) is 3.13. The van der Waals surface area contributed by atoms with Crippen LogP contribution in [0.15, 0.2) is 71.8 Å². The van der Waals surface area contributed by atoms with Crippen molar-refractivity contribution in [2.24, 2.45) is 0 Å². The zero-order valence-electron chi connectivity index (χ0n) is 18.3. The van der Waals surface area contributed by atoms with Gasteiger partial charge in [0.25, 0.3) is 10.0 Å². The molecule has 0 saturated carbocycles. The molecule has 4 heterocycles. The Morgan fingerprint density at radius 3 is 2.52 bits per heavy atom. The second-order valence-corrected chi connectivity index (χ2v) is 10.2. The summed E-state index contributed by atoms with van der Waals surface area (Å²) in [6.07, 6.45) is 1.82. The Bertz CT molecular complexity index is 1460. The van der Waals surface area contributed by atoms with E-state index < -0.39 is 10.0 Å². The minimum Gasteiger partial charge on any atom is -0.497 e. The smallest absolute Gasteiger partial charge is 0.269 e. The summed E-state index contributed by atoms with van der Waals surface area (Å²) < 4.78 is 33.9. The van der Waals surface area contributed by atoms with Gasteiger partial charge in [-0.2, -0.15) is 0 Å². The van der Waals surface area contributed by atoms with Gasteiger partial charge in [0.2, 0.25) is 0 Å². The standard InChI is InChI=1S/C25H24N4O3S/c1-32-18-9-10-23-20(16-18)25-21(19-6-2-3-7-22(19)29(25)33(23,30)31)17-27-12-14-28(15-13-27)24-8-4-5-11-26-24/h2-11,16H,12-15,17H2,1H3. The minimum atomic E-state index is -3.66. The van der Waals surface area contributed by atoms with E-state index in [9.17, 15) is 8.42 Å². The van der Waals surface area contributed by atoms with Crippen LogP contribution in [0.5, 0.6) is 5.75 Å². The summed E-state index contributed by atoms with van der Waals surface area (Å²) >= 11 is 0. The van der Waals surface area contributed by atoms with E-state index in [-0.39, 0.29) is 0 Å². The lowest BCUT2D eigenvalue weighted by atomic mass is 10.0. The fourth-order valence-electron chi connectivity index (χ4n) is 5.00. The molecule has 0 aliphatic carbocycles. The summed E-state index contributed by atoms with van der Waals surface area (Å²) in [6.45, 7) is 4.22. The van der Waals surface area contributed by atoms with E-state index in [0.29, 0.717) is 22.8 Å². The van der Waals surface area contributed by atoms with Crippen molar-refractivity contribution in [2.45, 2.75) is 11.4 Å². The van der Waals surface area contributed by atoms with Crippen LogP contribution < -0.4 is 9.64 Å². The van der Waals surface area contributed by atoms with Crippen LogP contribution in [0.4, 0.5) is 5.82 Å². The maximum Gasteiger partial charge on any atom is 0.269 e. The SMILES string of the molecule is COc1ccc2c(c1)-c1c(CN3CCN(c4ccccn4)CC3)c3ccccc3n1S2(=O)=O. The fourth-order valence-corrected chi connectivity index (χ4v) is 6.74. The van der Waals surface area contributed by atoms with Crippen molar-refractivity contribution in [1.29, 1.82) is 0 Å². The molecule has 0 bridgehead atoms. The zero-order valence-corrected chi connectivity index (χ0v) is 19.1. The summed E-state index contributed by atoms with van der Waals surface area (Å²) in [5.74, 6) is 1.65. The summed E-state index contributed by atoms with van der Waals surface area (Å²) in [7, 11) is -2.06. The molecule has 2 aromatic carbocycles. The highest BCUT2D eigenvalue weighted by molar-refractivity contribution is 7.90. The van der Waals surface area contributed by atoms with E-state index in [2.05, 4.69) is 14.8 Å². The number of para-hydroxylation sites is 1. The van der Waals surface area contributed by atoms with E-state index in [4.69, 9.17) is 4.74 Å². The van der Waals surface area contributed by atoms with E-state index in [1.165, 1.54) is 3.97 Å². The van der Waals surface area contributed by atoms with Crippen LogP contribution in [0, 0.1) is 0 Å². The molecular formula is C25H24N4O3S. The fraction of sp³-hybridized carbons (Fsp3) is 0.240. The van der Waals surface area contributed by atoms with Gasteiger partial charge in [-0.1, -0.05) is 24.3 Å². The van der Waals surface area contributed by atoms with Crippen LogP contribution in [0.1, 0.15) is 5.56 Å². The van der Waals surface area contributed by atoms with Crippen molar-refractivity contribution in [2.75, 3.05) is 38.2 Å². The molecule has 7 nitrogen and oxygen atoms in total. The minimum absolute atomic E-state index is 0.338. The number of pyridine rings is 1.